The molecule has 78 valence electrons. The third-order valence-corrected chi connectivity index (χ3v) is 1.59. The van der Waals surface area contributed by atoms with Crippen LogP contribution < -0.4 is 5.32 Å². The highest BCUT2D eigenvalue weighted by molar-refractivity contribution is 5.90. The Bertz CT molecular complexity index is 412. The van der Waals surface area contributed by atoms with Crippen molar-refractivity contribution in [3.63, 3.8) is 0 Å². The van der Waals surface area contributed by atoms with Gasteiger partial charge in [0.05, 0.1) is 5.69 Å². The van der Waals surface area contributed by atoms with E-state index in [9.17, 15) is 13.6 Å². The molecule has 0 aliphatic rings. The number of nitrogens with zero attached hydrogens (tertiary/aromatic N) is 1. The lowest BCUT2D eigenvalue weighted by Crippen LogP contribution is -2.12. The van der Waals surface area contributed by atoms with Crippen molar-refractivity contribution in [2.45, 2.75) is 12.8 Å². The molecular weight excluding hydrogens is 202 g/mol. The number of anilines is 1. The zero-order chi connectivity index (χ0) is 11.3. The highest BCUT2D eigenvalue weighted by Crippen LogP contribution is 2.11. The normalized spacial score (nSPS) is 9.40. The Morgan fingerprint density at radius 2 is 2.27 bits per heavy atom. The number of aromatic nitrogens is 1. The van der Waals surface area contributed by atoms with Gasteiger partial charge in [-0.3, -0.25) is 4.79 Å². The molecule has 0 fully saturated rings. The average Bonchev–Trinajstić information content (AvgIpc) is 2.19. The topological polar surface area (TPSA) is 42.0 Å². The molecule has 1 aromatic rings. The van der Waals surface area contributed by atoms with Crippen molar-refractivity contribution in [2.24, 2.45) is 0 Å². The number of amides is 1. The summed E-state index contributed by atoms with van der Waals surface area (Å²) in [6, 6.07) is 2.06. The first kappa shape index (κ1) is 11.1. The van der Waals surface area contributed by atoms with Gasteiger partial charge >= 0.3 is 0 Å². The third-order valence-electron chi connectivity index (χ3n) is 1.59. The summed E-state index contributed by atoms with van der Waals surface area (Å²) in [5, 5.41) is 2.23. The van der Waals surface area contributed by atoms with Crippen LogP contribution in [0.5, 0.6) is 0 Å². The fourth-order valence-corrected chi connectivity index (χ4v) is 0.904. The van der Waals surface area contributed by atoms with Gasteiger partial charge in [-0.15, -0.1) is 12.3 Å². The summed E-state index contributed by atoms with van der Waals surface area (Å²) in [7, 11) is 0. The average molecular weight is 210 g/mol. The van der Waals surface area contributed by atoms with E-state index in [0.29, 0.717) is 0 Å². The first-order chi connectivity index (χ1) is 7.13. The molecule has 0 radical (unpaired) electrons. The Labute approximate surface area is 85.5 Å². The van der Waals surface area contributed by atoms with Crippen molar-refractivity contribution in [3.8, 4) is 12.3 Å². The number of hydrogen-bond acceptors (Lipinski definition) is 2. The third kappa shape index (κ3) is 3.35. The van der Waals surface area contributed by atoms with Gasteiger partial charge < -0.3 is 5.32 Å². The second-order valence-corrected chi connectivity index (χ2v) is 2.72. The zero-order valence-corrected chi connectivity index (χ0v) is 7.76. The van der Waals surface area contributed by atoms with E-state index in [0.717, 1.165) is 12.1 Å². The lowest BCUT2D eigenvalue weighted by atomic mass is 10.3. The van der Waals surface area contributed by atoms with Gasteiger partial charge in [-0.25, -0.2) is 0 Å². The summed E-state index contributed by atoms with van der Waals surface area (Å²) in [5.41, 5.74) is -0.154. The Morgan fingerprint density at radius 1 is 1.53 bits per heavy atom. The van der Waals surface area contributed by atoms with Gasteiger partial charge in [0.15, 0.2) is 0 Å². The minimum absolute atomic E-state index is 0.0906. The van der Waals surface area contributed by atoms with E-state index in [4.69, 9.17) is 6.42 Å². The fraction of sp³-hybridized carbons (Fsp3) is 0.200. The molecule has 3 nitrogen and oxygen atoms in total. The number of rotatable bonds is 3. The van der Waals surface area contributed by atoms with E-state index in [1.54, 1.807) is 0 Å². The molecule has 1 heterocycles. The summed E-state index contributed by atoms with van der Waals surface area (Å²) < 4.78 is 25.3. The summed E-state index contributed by atoms with van der Waals surface area (Å²) >= 11 is 0. The van der Waals surface area contributed by atoms with Gasteiger partial charge in [-0.1, -0.05) is 0 Å². The van der Waals surface area contributed by atoms with Crippen molar-refractivity contribution >= 4 is 11.6 Å². The number of hydrogen-bond donors (Lipinski definition) is 1. The molecule has 0 unspecified atom stereocenters. The largest absolute Gasteiger partial charge is 0.322 e. The Hall–Kier alpha value is -1.96. The SMILES string of the molecule is C#CCCC(=O)Nc1ccc(F)nc1F. The van der Waals surface area contributed by atoms with Crippen molar-refractivity contribution in [2.75, 3.05) is 5.32 Å². The van der Waals surface area contributed by atoms with Gasteiger partial charge in [0, 0.05) is 12.8 Å². The lowest BCUT2D eigenvalue weighted by Gasteiger charge is -2.03. The van der Waals surface area contributed by atoms with Crippen LogP contribution in [0.25, 0.3) is 0 Å². The first-order valence-electron chi connectivity index (χ1n) is 4.19. The van der Waals surface area contributed by atoms with Crippen molar-refractivity contribution in [3.05, 3.63) is 24.0 Å². The first-order valence-corrected chi connectivity index (χ1v) is 4.19. The maximum Gasteiger partial charge on any atom is 0.239 e. The molecular formula is C10H8F2N2O. The molecule has 1 rings (SSSR count). The van der Waals surface area contributed by atoms with Crippen molar-refractivity contribution < 1.29 is 13.6 Å². The van der Waals surface area contributed by atoms with Crippen LogP contribution in [0.1, 0.15) is 12.8 Å². The van der Waals surface area contributed by atoms with Crippen LogP contribution in [0.15, 0.2) is 12.1 Å². The molecule has 5 heteroatoms. The van der Waals surface area contributed by atoms with Crippen molar-refractivity contribution in [1.29, 1.82) is 0 Å². The summed E-state index contributed by atoms with van der Waals surface area (Å²) in [5.74, 6) is -0.140. The van der Waals surface area contributed by atoms with Crippen LogP contribution in [-0.2, 0) is 4.79 Å². The minimum Gasteiger partial charge on any atom is -0.322 e. The summed E-state index contributed by atoms with van der Waals surface area (Å²) in [6.07, 6.45) is 5.31. The van der Waals surface area contributed by atoms with Crippen LogP contribution in [0.4, 0.5) is 14.5 Å². The number of carbonyl (C=O) groups excluding carboxylic acids is 1. The van der Waals surface area contributed by atoms with Crippen LogP contribution in [0.2, 0.25) is 0 Å². The molecule has 0 saturated heterocycles. The predicted molar refractivity (Wildman–Crippen MR) is 50.8 cm³/mol. The number of pyridine rings is 1. The van der Waals surface area contributed by atoms with Gasteiger partial charge in [0.25, 0.3) is 0 Å². The van der Waals surface area contributed by atoms with Crippen LogP contribution >= 0.6 is 0 Å². The van der Waals surface area contributed by atoms with E-state index < -0.39 is 17.8 Å². The molecule has 0 saturated carbocycles. The van der Waals surface area contributed by atoms with Gasteiger partial charge in [-0.2, -0.15) is 13.8 Å². The van der Waals surface area contributed by atoms with Gasteiger partial charge in [0.1, 0.15) is 0 Å². The predicted octanol–water partition coefficient (Wildman–Crippen LogP) is 1.71. The number of terminal acetylenes is 1. The number of carbonyl (C=O) groups is 1. The standard InChI is InChI=1S/C10H8F2N2O/c1-2-3-4-9(15)13-7-5-6-8(11)14-10(7)12/h1,5-6H,3-4H2,(H,13,15). The van der Waals surface area contributed by atoms with Crippen LogP contribution in [-0.4, -0.2) is 10.9 Å². The van der Waals surface area contributed by atoms with Crippen molar-refractivity contribution in [1.82, 2.24) is 4.98 Å². The molecule has 15 heavy (non-hydrogen) atoms. The molecule has 0 aliphatic carbocycles. The second kappa shape index (κ2) is 5.05. The molecule has 1 N–H and O–H groups in total. The summed E-state index contributed by atoms with van der Waals surface area (Å²) in [6.45, 7) is 0. The lowest BCUT2D eigenvalue weighted by molar-refractivity contribution is -0.116. The van der Waals surface area contributed by atoms with Crippen LogP contribution in [0.3, 0.4) is 0 Å². The maximum absolute atomic E-state index is 12.9. The monoisotopic (exact) mass is 210 g/mol. The summed E-state index contributed by atoms with van der Waals surface area (Å²) in [4.78, 5) is 14.0. The van der Waals surface area contributed by atoms with E-state index >= 15 is 0 Å². The Kier molecular flexibility index (Phi) is 3.75. The highest BCUT2D eigenvalue weighted by atomic mass is 19.1. The van der Waals surface area contributed by atoms with Gasteiger partial charge in [0.2, 0.25) is 17.8 Å². The molecule has 1 aromatic heterocycles. The Balaban J connectivity index is 2.65. The molecule has 0 spiro atoms. The molecule has 0 bridgehead atoms. The molecule has 0 aromatic carbocycles. The second-order valence-electron chi connectivity index (χ2n) is 2.72. The van der Waals surface area contributed by atoms with Gasteiger partial charge in [-0.05, 0) is 12.1 Å². The van der Waals surface area contributed by atoms with E-state index in [1.807, 2.05) is 0 Å². The molecule has 1 amide bonds. The van der Waals surface area contributed by atoms with Crippen LogP contribution in [0, 0.1) is 24.2 Å². The van der Waals surface area contributed by atoms with E-state index in [1.165, 1.54) is 0 Å². The quantitative estimate of drug-likeness (QED) is 0.609. The molecule has 0 aliphatic heterocycles. The van der Waals surface area contributed by atoms with E-state index in [2.05, 4.69) is 16.2 Å². The highest BCUT2D eigenvalue weighted by Gasteiger charge is 2.08. The minimum atomic E-state index is -1.05. The maximum atomic E-state index is 12.9. The number of halogens is 2. The number of nitrogens with one attached hydrogen (secondary N) is 1. The zero-order valence-electron chi connectivity index (χ0n) is 7.76. The fourth-order valence-electron chi connectivity index (χ4n) is 0.904. The molecule has 0 atom stereocenters. The smallest absolute Gasteiger partial charge is 0.239 e. The van der Waals surface area contributed by atoms with E-state index in [-0.39, 0.29) is 18.5 Å². The Morgan fingerprint density at radius 3 is 2.87 bits per heavy atom.